The summed E-state index contributed by atoms with van der Waals surface area (Å²) in [6.45, 7) is 0. The van der Waals surface area contributed by atoms with Gasteiger partial charge in [0, 0.05) is 42.9 Å². The molecule has 176 valence electrons. The van der Waals surface area contributed by atoms with Crippen molar-refractivity contribution in [2.24, 2.45) is 23.5 Å². The molecule has 3 unspecified atom stereocenters. The number of carbonyl (C=O) groups is 3. The van der Waals surface area contributed by atoms with Crippen LogP contribution in [0.4, 0.5) is 5.69 Å². The lowest BCUT2D eigenvalue weighted by Gasteiger charge is -2.41. The molecule has 0 radical (unpaired) electrons. The predicted molar refractivity (Wildman–Crippen MR) is 120 cm³/mol. The molecule has 0 bridgehead atoms. The quantitative estimate of drug-likeness (QED) is 0.496. The van der Waals surface area contributed by atoms with Crippen molar-refractivity contribution in [3.8, 4) is 16.9 Å². The molecule has 1 saturated carbocycles. The number of ketones is 2. The highest BCUT2D eigenvalue weighted by atomic mass is 16.5. The number of nitrogens with two attached hydrogens (primary N) is 1. The molecule has 2 aromatic rings. The van der Waals surface area contributed by atoms with Crippen LogP contribution in [0.5, 0.6) is 5.75 Å². The third-order valence-electron chi connectivity index (χ3n) is 7.09. The van der Waals surface area contributed by atoms with E-state index >= 15 is 0 Å². The molecule has 0 saturated heterocycles. The van der Waals surface area contributed by atoms with Crippen LogP contribution < -0.4 is 10.6 Å². The number of hydrogen-bond donors (Lipinski definition) is 4. The van der Waals surface area contributed by atoms with E-state index in [0.29, 0.717) is 29.5 Å². The first-order chi connectivity index (χ1) is 16.1. The van der Waals surface area contributed by atoms with Gasteiger partial charge in [-0.15, -0.1) is 0 Å². The molecular formula is C24H23N3O7. The number of hydrogen-bond acceptors (Lipinski definition) is 9. The zero-order valence-electron chi connectivity index (χ0n) is 18.5. The van der Waals surface area contributed by atoms with E-state index in [4.69, 9.17) is 10.3 Å². The van der Waals surface area contributed by atoms with E-state index in [1.54, 1.807) is 6.07 Å². The fourth-order valence-electron chi connectivity index (χ4n) is 5.65. The molecular weight excluding hydrogens is 442 g/mol. The van der Waals surface area contributed by atoms with Crippen molar-refractivity contribution >= 4 is 28.9 Å². The largest absolute Gasteiger partial charge is 0.511 e. The summed E-state index contributed by atoms with van der Waals surface area (Å²) in [7, 11) is 3.66. The molecule has 34 heavy (non-hydrogen) atoms. The number of Topliss-reactive ketones (excluding diaryl/α,β-unsaturated/α-hetero) is 2. The van der Waals surface area contributed by atoms with Crippen LogP contribution in [0.1, 0.15) is 24.0 Å². The zero-order valence-corrected chi connectivity index (χ0v) is 18.5. The van der Waals surface area contributed by atoms with Crippen LogP contribution in [0.3, 0.4) is 0 Å². The Labute approximate surface area is 193 Å². The number of aliphatic hydroxyl groups is 2. The first-order valence-electron chi connectivity index (χ1n) is 10.8. The maximum absolute atomic E-state index is 13.6. The van der Waals surface area contributed by atoms with E-state index in [2.05, 4.69) is 5.16 Å². The summed E-state index contributed by atoms with van der Waals surface area (Å²) >= 11 is 0. The molecule has 1 heterocycles. The van der Waals surface area contributed by atoms with E-state index in [1.807, 2.05) is 19.0 Å². The predicted octanol–water partition coefficient (Wildman–Crippen LogP) is 2.03. The Hall–Kier alpha value is -4.08. The molecule has 1 fully saturated rings. The smallest absolute Gasteiger partial charge is 0.255 e. The van der Waals surface area contributed by atoms with Gasteiger partial charge in [-0.3, -0.25) is 14.4 Å². The number of phenols is 1. The number of phenolic OH excluding ortho intramolecular Hbond substituents is 1. The lowest BCUT2D eigenvalue weighted by atomic mass is 9.61. The van der Waals surface area contributed by atoms with Crippen LogP contribution in [0.25, 0.3) is 16.9 Å². The minimum absolute atomic E-state index is 0.0703. The number of benzene rings is 1. The van der Waals surface area contributed by atoms with Crippen molar-refractivity contribution in [2.45, 2.75) is 19.3 Å². The number of primary amides is 1. The Morgan fingerprint density at radius 1 is 1.21 bits per heavy atom. The average Bonchev–Trinajstić information content (AvgIpc) is 3.27. The molecule has 1 amide bonds. The Morgan fingerprint density at radius 3 is 2.56 bits per heavy atom. The molecule has 10 nitrogen and oxygen atoms in total. The fourth-order valence-corrected chi connectivity index (χ4v) is 5.65. The van der Waals surface area contributed by atoms with Gasteiger partial charge in [0.25, 0.3) is 5.91 Å². The molecule has 1 aromatic carbocycles. The first-order valence-corrected chi connectivity index (χ1v) is 10.8. The zero-order chi connectivity index (χ0) is 24.5. The second-order valence-corrected chi connectivity index (χ2v) is 9.21. The van der Waals surface area contributed by atoms with E-state index in [-0.39, 0.29) is 29.1 Å². The summed E-state index contributed by atoms with van der Waals surface area (Å²) in [5.41, 5.74) is 7.18. The van der Waals surface area contributed by atoms with Gasteiger partial charge in [0.1, 0.15) is 29.1 Å². The molecule has 0 aliphatic heterocycles. The molecule has 3 aliphatic carbocycles. The van der Waals surface area contributed by atoms with Crippen LogP contribution in [0, 0.1) is 17.8 Å². The summed E-state index contributed by atoms with van der Waals surface area (Å²) in [5.74, 6) is -5.57. The highest BCUT2D eigenvalue weighted by Gasteiger charge is 2.51. The number of aliphatic hydroxyl groups excluding tert-OH is 2. The minimum atomic E-state index is -1.15. The van der Waals surface area contributed by atoms with Crippen LogP contribution in [-0.4, -0.2) is 52.0 Å². The second-order valence-electron chi connectivity index (χ2n) is 9.21. The monoisotopic (exact) mass is 465 g/mol. The van der Waals surface area contributed by atoms with Crippen molar-refractivity contribution in [2.75, 3.05) is 19.0 Å². The van der Waals surface area contributed by atoms with Gasteiger partial charge >= 0.3 is 0 Å². The molecule has 0 spiro atoms. The highest BCUT2D eigenvalue weighted by molar-refractivity contribution is 6.21. The fraction of sp³-hybridized carbons (Fsp3) is 0.333. The van der Waals surface area contributed by atoms with Crippen LogP contribution in [0.15, 0.2) is 40.0 Å². The third-order valence-corrected chi connectivity index (χ3v) is 7.09. The summed E-state index contributed by atoms with van der Waals surface area (Å²) < 4.78 is 4.91. The van der Waals surface area contributed by atoms with E-state index in [9.17, 15) is 29.7 Å². The van der Waals surface area contributed by atoms with Gasteiger partial charge in [0.15, 0.2) is 11.6 Å². The van der Waals surface area contributed by atoms with Crippen LogP contribution in [-0.2, 0) is 20.8 Å². The van der Waals surface area contributed by atoms with Crippen molar-refractivity contribution in [1.29, 1.82) is 0 Å². The summed E-state index contributed by atoms with van der Waals surface area (Å²) in [5, 5.41) is 36.8. The normalized spacial score (nSPS) is 24.0. The third kappa shape index (κ3) is 2.94. The summed E-state index contributed by atoms with van der Waals surface area (Å²) in [4.78, 5) is 39.5. The average molecular weight is 465 g/mol. The Bertz CT molecular complexity index is 1320. The van der Waals surface area contributed by atoms with Crippen LogP contribution >= 0.6 is 0 Å². The molecule has 3 aliphatic rings. The standard InChI is InChI=1S/C24H23N3O7/c1-27(2)14-6-12(11-7-26-34-8-11)20(29)18-13(14)4-9-3-10-5-15(28)19(24(25)33)23(32)17(10)21(30)16(9)22(18)31/h6-10,17,29,31-32H,3-5H2,1-2H3,(H2,25,33). The highest BCUT2D eigenvalue weighted by Crippen LogP contribution is 2.53. The number of carbonyl (C=O) groups excluding carboxylic acids is 3. The molecule has 10 heteroatoms. The van der Waals surface area contributed by atoms with E-state index in [0.717, 1.165) is 5.69 Å². The Morgan fingerprint density at radius 2 is 1.94 bits per heavy atom. The van der Waals surface area contributed by atoms with Gasteiger partial charge in [-0.05, 0) is 36.3 Å². The lowest BCUT2D eigenvalue weighted by molar-refractivity contribution is -0.127. The molecule has 1 aromatic heterocycles. The number of aromatic hydroxyl groups is 1. The Kier molecular flexibility index (Phi) is 4.78. The van der Waals surface area contributed by atoms with Gasteiger partial charge in [0.05, 0.1) is 17.7 Å². The maximum atomic E-state index is 13.6. The van der Waals surface area contributed by atoms with Gasteiger partial charge < -0.3 is 30.5 Å². The molecule has 5 rings (SSSR count). The van der Waals surface area contributed by atoms with Gasteiger partial charge in [-0.25, -0.2) is 0 Å². The van der Waals surface area contributed by atoms with Crippen molar-refractivity contribution < 1.29 is 34.2 Å². The number of anilines is 1. The topological polar surface area (TPSA) is 167 Å². The molecule has 3 atom stereocenters. The summed E-state index contributed by atoms with van der Waals surface area (Å²) in [6, 6.07) is 1.77. The van der Waals surface area contributed by atoms with E-state index < -0.39 is 46.6 Å². The van der Waals surface area contributed by atoms with Crippen molar-refractivity contribution in [3.05, 3.63) is 46.6 Å². The van der Waals surface area contributed by atoms with Gasteiger partial charge in [-0.2, -0.15) is 0 Å². The second kappa shape index (κ2) is 7.47. The number of nitrogens with zero attached hydrogens (tertiary/aromatic N) is 2. The lowest BCUT2D eigenvalue weighted by Crippen LogP contribution is -2.44. The van der Waals surface area contributed by atoms with Crippen molar-refractivity contribution in [1.82, 2.24) is 5.16 Å². The molecule has 5 N–H and O–H groups in total. The minimum Gasteiger partial charge on any atom is -0.511 e. The first kappa shape index (κ1) is 21.7. The number of rotatable bonds is 3. The van der Waals surface area contributed by atoms with Crippen LogP contribution in [0.2, 0.25) is 0 Å². The number of allylic oxidation sites excluding steroid dienone is 2. The number of fused-ring (bicyclic) bond motifs is 3. The number of aromatic nitrogens is 1. The van der Waals surface area contributed by atoms with E-state index in [1.165, 1.54) is 12.5 Å². The Balaban J connectivity index is 1.72. The van der Waals surface area contributed by atoms with Gasteiger partial charge in [0.2, 0.25) is 0 Å². The number of amides is 1. The van der Waals surface area contributed by atoms with Gasteiger partial charge in [-0.1, -0.05) is 5.16 Å². The SMILES string of the molecule is CN(C)c1cc(-c2cnoc2)c(O)c2c1CC1CC3CC(=O)C(C(N)=O)=C(O)C3C(=O)C1=C2O. The summed E-state index contributed by atoms with van der Waals surface area (Å²) in [6.07, 6.45) is 3.39. The maximum Gasteiger partial charge on any atom is 0.255 e. The van der Waals surface area contributed by atoms with Crippen molar-refractivity contribution in [3.63, 3.8) is 0 Å².